The van der Waals surface area contributed by atoms with Gasteiger partial charge in [-0.05, 0) is 42.8 Å². The molecule has 8 nitrogen and oxygen atoms in total. The number of ketones is 1. The van der Waals surface area contributed by atoms with Crippen LogP contribution in [0.15, 0.2) is 48.5 Å². The zero-order valence-electron chi connectivity index (χ0n) is 15.0. The van der Waals surface area contributed by atoms with Crippen molar-refractivity contribution in [2.24, 2.45) is 5.92 Å². The predicted molar refractivity (Wildman–Crippen MR) is 96.0 cm³/mol. The Hall–Kier alpha value is -3.26. The fourth-order valence-corrected chi connectivity index (χ4v) is 3.81. The van der Waals surface area contributed by atoms with E-state index in [-0.39, 0.29) is 23.0 Å². The van der Waals surface area contributed by atoms with Crippen molar-refractivity contribution in [3.8, 4) is 5.75 Å². The molecule has 0 amide bonds. The number of methoxy groups -OCH3 is 1. The van der Waals surface area contributed by atoms with Crippen molar-refractivity contribution >= 4 is 17.4 Å². The number of non-ortho nitro benzene ring substituents is 1. The summed E-state index contributed by atoms with van der Waals surface area (Å²) in [4.78, 5) is 36.1. The molecule has 0 unspecified atom stereocenters. The van der Waals surface area contributed by atoms with E-state index >= 15 is 0 Å². The van der Waals surface area contributed by atoms with E-state index in [0.29, 0.717) is 24.3 Å². The molecule has 8 heteroatoms. The number of nitro groups is 1. The molecule has 1 aliphatic carbocycles. The van der Waals surface area contributed by atoms with Gasteiger partial charge < -0.3 is 14.2 Å². The van der Waals surface area contributed by atoms with Gasteiger partial charge in [0.15, 0.2) is 5.78 Å². The number of nitro benzene ring substituents is 1. The fourth-order valence-electron chi connectivity index (χ4n) is 3.81. The molecular formula is C20H17NO7. The zero-order valence-corrected chi connectivity index (χ0v) is 15.0. The highest BCUT2D eigenvalue weighted by Crippen LogP contribution is 2.52. The lowest BCUT2D eigenvalue weighted by Gasteiger charge is -2.48. The van der Waals surface area contributed by atoms with Crippen LogP contribution in [0.4, 0.5) is 5.69 Å². The summed E-state index contributed by atoms with van der Waals surface area (Å²) in [6.45, 7) is 0.399. The number of ether oxygens (including phenoxy) is 3. The number of rotatable bonds is 5. The second-order valence-corrected chi connectivity index (χ2v) is 6.71. The van der Waals surface area contributed by atoms with Crippen LogP contribution >= 0.6 is 0 Å². The zero-order chi connectivity index (χ0) is 19.9. The second-order valence-electron chi connectivity index (χ2n) is 6.71. The summed E-state index contributed by atoms with van der Waals surface area (Å²) in [5.41, 5.74) is -1.08. The standard InChI is InChI=1S/C20H17NO7/c1-26-15-8-2-12(3-9-15)19(23)28-20(17(22)16-10-11-27-18(16)20)13-4-6-14(7-5-13)21(24)25/h2-9,16,18H,10-11H2,1H3/t16-,18-,20-/m1/s1. The normalized spacial score (nSPS) is 25.5. The molecule has 1 aliphatic heterocycles. The van der Waals surface area contributed by atoms with Crippen molar-refractivity contribution < 1.29 is 28.7 Å². The number of carbonyl (C=O) groups is 2. The van der Waals surface area contributed by atoms with Crippen LogP contribution in [0.1, 0.15) is 22.3 Å². The van der Waals surface area contributed by atoms with Gasteiger partial charge in [-0.15, -0.1) is 0 Å². The molecule has 28 heavy (non-hydrogen) atoms. The molecule has 2 aliphatic rings. The van der Waals surface area contributed by atoms with E-state index in [9.17, 15) is 19.7 Å². The maximum atomic E-state index is 12.9. The van der Waals surface area contributed by atoms with Crippen molar-refractivity contribution in [1.82, 2.24) is 0 Å². The molecule has 1 heterocycles. The number of benzene rings is 2. The largest absolute Gasteiger partial charge is 0.497 e. The lowest BCUT2D eigenvalue weighted by molar-refractivity contribution is -0.384. The number of Topliss-reactive ketones (excluding diaryl/α,β-unsaturated/α-hetero) is 1. The van der Waals surface area contributed by atoms with E-state index in [1.165, 1.54) is 31.4 Å². The maximum absolute atomic E-state index is 12.9. The minimum absolute atomic E-state index is 0.115. The molecule has 0 N–H and O–H groups in total. The van der Waals surface area contributed by atoms with Crippen molar-refractivity contribution in [2.75, 3.05) is 13.7 Å². The first kappa shape index (κ1) is 18.1. The Kier molecular flexibility index (Phi) is 4.35. The van der Waals surface area contributed by atoms with Crippen LogP contribution in [-0.2, 0) is 19.9 Å². The Labute approximate surface area is 160 Å². The van der Waals surface area contributed by atoms with Crippen LogP contribution in [0, 0.1) is 16.0 Å². The third-order valence-corrected chi connectivity index (χ3v) is 5.28. The first-order valence-corrected chi connectivity index (χ1v) is 8.75. The molecule has 144 valence electrons. The Morgan fingerprint density at radius 1 is 1.18 bits per heavy atom. The second kappa shape index (κ2) is 6.72. The summed E-state index contributed by atoms with van der Waals surface area (Å²) in [5.74, 6) is -0.673. The highest BCUT2D eigenvalue weighted by atomic mass is 16.6. The van der Waals surface area contributed by atoms with Crippen LogP contribution in [0.2, 0.25) is 0 Å². The first-order valence-electron chi connectivity index (χ1n) is 8.75. The molecule has 0 spiro atoms. The first-order chi connectivity index (χ1) is 13.5. The van der Waals surface area contributed by atoms with E-state index in [0.717, 1.165) is 0 Å². The van der Waals surface area contributed by atoms with Gasteiger partial charge in [-0.25, -0.2) is 4.79 Å². The Morgan fingerprint density at radius 2 is 1.86 bits per heavy atom. The number of esters is 1. The summed E-state index contributed by atoms with van der Waals surface area (Å²) in [6, 6.07) is 11.8. The highest BCUT2D eigenvalue weighted by Gasteiger charge is 2.68. The van der Waals surface area contributed by atoms with E-state index < -0.39 is 22.6 Å². The van der Waals surface area contributed by atoms with Crippen molar-refractivity contribution in [2.45, 2.75) is 18.1 Å². The number of carbonyl (C=O) groups excluding carboxylic acids is 2. The van der Waals surface area contributed by atoms with Gasteiger partial charge in [-0.2, -0.15) is 0 Å². The third-order valence-electron chi connectivity index (χ3n) is 5.28. The summed E-state index contributed by atoms with van der Waals surface area (Å²) in [6.07, 6.45) is -0.0261. The van der Waals surface area contributed by atoms with E-state index in [1.807, 2.05) is 0 Å². The van der Waals surface area contributed by atoms with Crippen LogP contribution in [0.3, 0.4) is 0 Å². The number of hydrogen-bond acceptors (Lipinski definition) is 7. The summed E-state index contributed by atoms with van der Waals surface area (Å²) < 4.78 is 16.5. The highest BCUT2D eigenvalue weighted by molar-refractivity contribution is 6.02. The SMILES string of the molecule is COc1ccc(C(=O)O[C@]2(c3ccc([N+](=O)[O-])cc3)C(=O)[C@H]3CCO[C@H]32)cc1. The van der Waals surface area contributed by atoms with Gasteiger partial charge in [0, 0.05) is 24.3 Å². The van der Waals surface area contributed by atoms with Crippen molar-refractivity contribution in [3.05, 3.63) is 69.8 Å². The Bertz CT molecular complexity index is 938. The van der Waals surface area contributed by atoms with E-state index in [1.54, 1.807) is 24.3 Å². The lowest BCUT2D eigenvalue weighted by Crippen LogP contribution is -2.65. The van der Waals surface area contributed by atoms with Crippen molar-refractivity contribution in [1.29, 1.82) is 0 Å². The third kappa shape index (κ3) is 2.65. The Balaban J connectivity index is 1.69. The minimum atomic E-state index is -1.59. The number of nitrogens with zero attached hydrogens (tertiary/aromatic N) is 1. The molecule has 1 saturated carbocycles. The lowest BCUT2D eigenvalue weighted by atomic mass is 9.63. The molecule has 0 bridgehead atoms. The van der Waals surface area contributed by atoms with Gasteiger partial charge in [0.05, 0.1) is 23.5 Å². The summed E-state index contributed by atoms with van der Waals surface area (Å²) in [7, 11) is 1.52. The molecule has 3 atom stereocenters. The molecule has 2 aromatic carbocycles. The minimum Gasteiger partial charge on any atom is -0.497 e. The van der Waals surface area contributed by atoms with Crippen LogP contribution < -0.4 is 4.74 Å². The molecule has 2 fully saturated rings. The summed E-state index contributed by atoms with van der Waals surface area (Å²) in [5, 5.41) is 10.9. The Morgan fingerprint density at radius 3 is 2.46 bits per heavy atom. The summed E-state index contributed by atoms with van der Waals surface area (Å²) >= 11 is 0. The molecule has 4 rings (SSSR count). The average Bonchev–Trinajstić information content (AvgIpc) is 3.18. The van der Waals surface area contributed by atoms with Gasteiger partial charge in [0.25, 0.3) is 5.69 Å². The van der Waals surface area contributed by atoms with E-state index in [2.05, 4.69) is 0 Å². The van der Waals surface area contributed by atoms with E-state index in [4.69, 9.17) is 14.2 Å². The predicted octanol–water partition coefficient (Wildman–Crippen LogP) is 2.64. The van der Waals surface area contributed by atoms with Gasteiger partial charge in [0.2, 0.25) is 5.60 Å². The van der Waals surface area contributed by atoms with Crippen LogP contribution in [-0.4, -0.2) is 36.5 Å². The van der Waals surface area contributed by atoms with Gasteiger partial charge >= 0.3 is 5.97 Å². The number of hydrogen-bond donors (Lipinski definition) is 0. The van der Waals surface area contributed by atoms with Crippen LogP contribution in [0.25, 0.3) is 0 Å². The maximum Gasteiger partial charge on any atom is 0.339 e. The molecular weight excluding hydrogens is 366 g/mol. The number of fused-ring (bicyclic) bond motifs is 1. The van der Waals surface area contributed by atoms with Gasteiger partial charge in [-0.3, -0.25) is 14.9 Å². The molecule has 0 radical (unpaired) electrons. The quantitative estimate of drug-likeness (QED) is 0.444. The monoisotopic (exact) mass is 383 g/mol. The van der Waals surface area contributed by atoms with Crippen molar-refractivity contribution in [3.63, 3.8) is 0 Å². The smallest absolute Gasteiger partial charge is 0.339 e. The molecule has 0 aromatic heterocycles. The van der Waals surface area contributed by atoms with Crippen LogP contribution in [0.5, 0.6) is 5.75 Å². The topological polar surface area (TPSA) is 105 Å². The fraction of sp³-hybridized carbons (Fsp3) is 0.300. The molecule has 2 aromatic rings. The molecule has 1 saturated heterocycles. The van der Waals surface area contributed by atoms with Gasteiger partial charge in [-0.1, -0.05) is 0 Å². The van der Waals surface area contributed by atoms with Gasteiger partial charge in [0.1, 0.15) is 11.9 Å². The average molecular weight is 383 g/mol.